The second kappa shape index (κ2) is 10.2. The van der Waals surface area contributed by atoms with Crippen LogP contribution in [0.5, 0.6) is 0 Å². The normalized spacial score (nSPS) is 15.4. The van der Waals surface area contributed by atoms with Crippen LogP contribution in [0.2, 0.25) is 0 Å². The molecule has 9 heteroatoms. The SMILES string of the molecule is CCCc1noc(-c2cccc(CNC(=NC)N3CCN(Cc4ccon4)CC3)c2)n1. The van der Waals surface area contributed by atoms with E-state index in [1.807, 2.05) is 25.2 Å². The molecule has 2 aromatic heterocycles. The van der Waals surface area contributed by atoms with Crippen molar-refractivity contribution in [2.75, 3.05) is 33.2 Å². The zero-order valence-corrected chi connectivity index (χ0v) is 18.1. The Morgan fingerprint density at radius 1 is 1.16 bits per heavy atom. The summed E-state index contributed by atoms with van der Waals surface area (Å²) < 4.78 is 10.3. The number of aryl methyl sites for hydroxylation is 1. The van der Waals surface area contributed by atoms with Crippen molar-refractivity contribution in [3.63, 3.8) is 0 Å². The van der Waals surface area contributed by atoms with Crippen LogP contribution in [-0.2, 0) is 19.5 Å². The summed E-state index contributed by atoms with van der Waals surface area (Å²) in [6, 6.07) is 10.1. The van der Waals surface area contributed by atoms with E-state index in [-0.39, 0.29) is 0 Å². The molecule has 1 aliphatic rings. The Morgan fingerprint density at radius 3 is 2.77 bits per heavy atom. The molecule has 164 valence electrons. The average Bonchev–Trinajstić information content (AvgIpc) is 3.48. The highest BCUT2D eigenvalue weighted by atomic mass is 16.5. The van der Waals surface area contributed by atoms with E-state index in [0.29, 0.717) is 12.4 Å². The van der Waals surface area contributed by atoms with Gasteiger partial charge >= 0.3 is 0 Å². The van der Waals surface area contributed by atoms with E-state index >= 15 is 0 Å². The lowest BCUT2D eigenvalue weighted by Crippen LogP contribution is -2.52. The van der Waals surface area contributed by atoms with Crippen LogP contribution in [0.15, 0.2) is 50.6 Å². The Hall–Kier alpha value is -3.20. The van der Waals surface area contributed by atoms with Gasteiger partial charge in [-0.2, -0.15) is 4.98 Å². The first-order valence-corrected chi connectivity index (χ1v) is 10.7. The zero-order chi connectivity index (χ0) is 21.5. The lowest BCUT2D eigenvalue weighted by molar-refractivity contribution is 0.169. The van der Waals surface area contributed by atoms with Crippen molar-refractivity contribution >= 4 is 5.96 Å². The Labute approximate surface area is 182 Å². The summed E-state index contributed by atoms with van der Waals surface area (Å²) in [6.45, 7) is 7.35. The van der Waals surface area contributed by atoms with Crippen molar-refractivity contribution in [1.82, 2.24) is 30.4 Å². The van der Waals surface area contributed by atoms with E-state index in [4.69, 9.17) is 9.05 Å². The van der Waals surface area contributed by atoms with Gasteiger partial charge in [0.1, 0.15) is 6.26 Å². The third-order valence-corrected chi connectivity index (χ3v) is 5.33. The van der Waals surface area contributed by atoms with Gasteiger partial charge in [0.2, 0.25) is 0 Å². The minimum atomic E-state index is 0.568. The molecule has 0 spiro atoms. The molecule has 1 fully saturated rings. The molecule has 1 aliphatic heterocycles. The minimum Gasteiger partial charge on any atom is -0.364 e. The first-order chi connectivity index (χ1) is 15.2. The minimum absolute atomic E-state index is 0.568. The van der Waals surface area contributed by atoms with E-state index in [2.05, 4.69) is 54.5 Å². The van der Waals surface area contributed by atoms with Crippen LogP contribution >= 0.6 is 0 Å². The highest BCUT2D eigenvalue weighted by Crippen LogP contribution is 2.19. The summed E-state index contributed by atoms with van der Waals surface area (Å²) in [4.78, 5) is 13.6. The van der Waals surface area contributed by atoms with Gasteiger partial charge in [-0.15, -0.1) is 0 Å². The number of hydrogen-bond donors (Lipinski definition) is 1. The Balaban J connectivity index is 1.31. The molecule has 3 heterocycles. The van der Waals surface area contributed by atoms with E-state index < -0.39 is 0 Å². The van der Waals surface area contributed by atoms with Crippen molar-refractivity contribution < 1.29 is 9.05 Å². The third kappa shape index (κ3) is 5.49. The lowest BCUT2D eigenvalue weighted by atomic mass is 10.1. The van der Waals surface area contributed by atoms with Gasteiger partial charge in [-0.3, -0.25) is 9.89 Å². The second-order valence-corrected chi connectivity index (χ2v) is 7.62. The summed E-state index contributed by atoms with van der Waals surface area (Å²) in [6.07, 6.45) is 3.44. The number of rotatable bonds is 7. The van der Waals surface area contributed by atoms with Crippen LogP contribution in [0.1, 0.15) is 30.4 Å². The summed E-state index contributed by atoms with van der Waals surface area (Å²) in [7, 11) is 1.83. The Kier molecular flexibility index (Phi) is 6.93. The molecule has 31 heavy (non-hydrogen) atoms. The maximum atomic E-state index is 5.42. The molecule has 9 nitrogen and oxygen atoms in total. The predicted octanol–water partition coefficient (Wildman–Crippen LogP) is 2.57. The van der Waals surface area contributed by atoms with E-state index in [1.165, 1.54) is 0 Å². The lowest BCUT2D eigenvalue weighted by Gasteiger charge is -2.36. The van der Waals surface area contributed by atoms with E-state index in [1.54, 1.807) is 6.26 Å². The number of guanidine groups is 1. The van der Waals surface area contributed by atoms with Gasteiger partial charge in [0.15, 0.2) is 11.8 Å². The fraction of sp³-hybridized carbons (Fsp3) is 0.455. The van der Waals surface area contributed by atoms with Gasteiger partial charge < -0.3 is 19.3 Å². The topological polar surface area (TPSA) is 95.8 Å². The monoisotopic (exact) mass is 423 g/mol. The van der Waals surface area contributed by atoms with Crippen molar-refractivity contribution in [2.24, 2.45) is 4.99 Å². The molecule has 0 amide bonds. The van der Waals surface area contributed by atoms with Crippen molar-refractivity contribution in [3.8, 4) is 11.5 Å². The molecule has 0 saturated carbocycles. The van der Waals surface area contributed by atoms with Crippen LogP contribution in [0, 0.1) is 0 Å². The van der Waals surface area contributed by atoms with Crippen LogP contribution in [0.25, 0.3) is 11.5 Å². The number of benzene rings is 1. The van der Waals surface area contributed by atoms with Crippen molar-refractivity contribution in [3.05, 3.63) is 53.7 Å². The number of nitrogens with zero attached hydrogens (tertiary/aromatic N) is 6. The fourth-order valence-corrected chi connectivity index (χ4v) is 3.69. The number of piperazine rings is 1. The number of hydrogen-bond acceptors (Lipinski definition) is 7. The number of aliphatic imine (C=N–C) groups is 1. The molecular formula is C22H29N7O2. The molecule has 1 saturated heterocycles. The smallest absolute Gasteiger partial charge is 0.257 e. The summed E-state index contributed by atoms with van der Waals surface area (Å²) in [5.74, 6) is 2.23. The molecule has 0 atom stereocenters. The maximum Gasteiger partial charge on any atom is 0.257 e. The molecule has 0 aliphatic carbocycles. The van der Waals surface area contributed by atoms with Crippen molar-refractivity contribution in [1.29, 1.82) is 0 Å². The Bertz CT molecular complexity index is 975. The Morgan fingerprint density at radius 2 is 2.03 bits per heavy atom. The highest BCUT2D eigenvalue weighted by molar-refractivity contribution is 5.80. The molecule has 1 aromatic carbocycles. The standard InChI is InChI=1S/C22H29N7O2/c1-3-5-20-25-21(31-27-20)18-7-4-6-17(14-18)15-24-22(23-2)29-11-9-28(10-12-29)16-19-8-13-30-26-19/h4,6-8,13-14H,3,5,9-12,15-16H2,1-2H3,(H,23,24). The van der Waals surface area contributed by atoms with Crippen LogP contribution < -0.4 is 5.32 Å². The largest absolute Gasteiger partial charge is 0.364 e. The van der Waals surface area contributed by atoms with Crippen LogP contribution in [0.3, 0.4) is 0 Å². The summed E-state index contributed by atoms with van der Waals surface area (Å²) in [5, 5.41) is 11.5. The molecule has 3 aromatic rings. The van der Waals surface area contributed by atoms with Crippen LogP contribution in [0.4, 0.5) is 0 Å². The van der Waals surface area contributed by atoms with Crippen molar-refractivity contribution in [2.45, 2.75) is 32.9 Å². The highest BCUT2D eigenvalue weighted by Gasteiger charge is 2.20. The first kappa shape index (κ1) is 21.0. The van der Waals surface area contributed by atoms with E-state index in [9.17, 15) is 0 Å². The van der Waals surface area contributed by atoms with E-state index in [0.717, 1.165) is 74.2 Å². The number of nitrogens with one attached hydrogen (secondary N) is 1. The molecule has 4 rings (SSSR count). The average molecular weight is 424 g/mol. The molecule has 0 unspecified atom stereocenters. The van der Waals surface area contributed by atoms with Gasteiger partial charge in [-0.1, -0.05) is 29.4 Å². The predicted molar refractivity (Wildman–Crippen MR) is 117 cm³/mol. The quantitative estimate of drug-likeness (QED) is 0.458. The second-order valence-electron chi connectivity index (χ2n) is 7.62. The molecule has 0 bridgehead atoms. The fourth-order valence-electron chi connectivity index (χ4n) is 3.69. The maximum absolute atomic E-state index is 5.42. The molecular weight excluding hydrogens is 394 g/mol. The number of aromatic nitrogens is 3. The first-order valence-electron chi connectivity index (χ1n) is 10.7. The van der Waals surface area contributed by atoms with Gasteiger partial charge in [0.25, 0.3) is 5.89 Å². The molecule has 0 radical (unpaired) electrons. The summed E-state index contributed by atoms with van der Waals surface area (Å²) >= 11 is 0. The third-order valence-electron chi connectivity index (χ3n) is 5.33. The van der Waals surface area contributed by atoms with Gasteiger partial charge in [-0.25, -0.2) is 0 Å². The molecule has 1 N–H and O–H groups in total. The summed E-state index contributed by atoms with van der Waals surface area (Å²) in [5.41, 5.74) is 3.04. The van der Waals surface area contributed by atoms with Gasteiger partial charge in [0.05, 0.1) is 5.69 Å². The van der Waals surface area contributed by atoms with Crippen LogP contribution in [-0.4, -0.2) is 64.3 Å². The zero-order valence-electron chi connectivity index (χ0n) is 18.1. The van der Waals surface area contributed by atoms with Gasteiger partial charge in [-0.05, 0) is 24.1 Å². The van der Waals surface area contributed by atoms with Gasteiger partial charge in [0, 0.05) is 64.4 Å².